The first-order valence-electron chi connectivity index (χ1n) is 9.11. The van der Waals surface area contributed by atoms with Crippen molar-refractivity contribution in [1.82, 2.24) is 14.8 Å². The topological polar surface area (TPSA) is 86.9 Å². The van der Waals surface area contributed by atoms with E-state index in [1.54, 1.807) is 35.5 Å². The van der Waals surface area contributed by atoms with Crippen molar-refractivity contribution in [3.05, 3.63) is 65.6 Å². The number of hydrogen-bond acceptors (Lipinski definition) is 6. The van der Waals surface area contributed by atoms with Gasteiger partial charge >= 0.3 is 0 Å². The lowest BCUT2D eigenvalue weighted by molar-refractivity contribution is -0.129. The third kappa shape index (κ3) is 3.26. The van der Waals surface area contributed by atoms with Gasteiger partial charge in [0.15, 0.2) is 11.5 Å². The Morgan fingerprint density at radius 2 is 1.93 bits per heavy atom. The molecule has 2 aliphatic rings. The van der Waals surface area contributed by atoms with E-state index in [1.807, 2.05) is 0 Å². The molecule has 0 aromatic carbocycles. The van der Waals surface area contributed by atoms with Crippen LogP contribution in [0.3, 0.4) is 0 Å². The quantitative estimate of drug-likeness (QED) is 0.789. The SMILES string of the molecule is O=C(C1=C(O)C(=O)N(CCN2CCCC2)C1c1ccncc1)c1ccco1. The molecule has 1 unspecified atom stereocenters. The maximum atomic E-state index is 12.9. The number of amides is 1. The summed E-state index contributed by atoms with van der Waals surface area (Å²) in [4.78, 5) is 33.6. The van der Waals surface area contributed by atoms with Gasteiger partial charge in [0.1, 0.15) is 0 Å². The van der Waals surface area contributed by atoms with E-state index in [4.69, 9.17) is 4.42 Å². The second-order valence-corrected chi connectivity index (χ2v) is 6.80. The lowest BCUT2D eigenvalue weighted by Gasteiger charge is -2.28. The Morgan fingerprint density at radius 3 is 2.59 bits per heavy atom. The molecule has 1 fully saturated rings. The molecular formula is C20H21N3O4. The molecule has 0 bridgehead atoms. The normalized spacial score (nSPS) is 20.7. The number of aromatic nitrogens is 1. The van der Waals surface area contributed by atoms with Crippen LogP contribution in [0.4, 0.5) is 0 Å². The van der Waals surface area contributed by atoms with Gasteiger partial charge in [-0.3, -0.25) is 14.6 Å². The van der Waals surface area contributed by atoms with Crippen LogP contribution in [0, 0.1) is 0 Å². The zero-order valence-electron chi connectivity index (χ0n) is 14.9. The van der Waals surface area contributed by atoms with Crippen molar-refractivity contribution in [1.29, 1.82) is 0 Å². The van der Waals surface area contributed by atoms with Crippen molar-refractivity contribution < 1.29 is 19.1 Å². The monoisotopic (exact) mass is 367 g/mol. The number of likely N-dealkylation sites (tertiary alicyclic amines) is 1. The highest BCUT2D eigenvalue weighted by atomic mass is 16.3. The maximum absolute atomic E-state index is 12.9. The maximum Gasteiger partial charge on any atom is 0.290 e. The highest BCUT2D eigenvalue weighted by Crippen LogP contribution is 2.38. The smallest absolute Gasteiger partial charge is 0.290 e. The zero-order valence-corrected chi connectivity index (χ0v) is 14.9. The number of carbonyl (C=O) groups is 2. The number of rotatable bonds is 6. The summed E-state index contributed by atoms with van der Waals surface area (Å²) in [6.45, 7) is 3.17. The van der Waals surface area contributed by atoms with Gasteiger partial charge in [0.05, 0.1) is 17.9 Å². The summed E-state index contributed by atoms with van der Waals surface area (Å²) in [6, 6.07) is 6.00. The van der Waals surface area contributed by atoms with Crippen molar-refractivity contribution in [3.8, 4) is 0 Å². The zero-order chi connectivity index (χ0) is 18.8. The first-order valence-corrected chi connectivity index (χ1v) is 9.11. The van der Waals surface area contributed by atoms with Gasteiger partial charge in [0, 0.05) is 25.5 Å². The summed E-state index contributed by atoms with van der Waals surface area (Å²) in [5.74, 6) is -1.40. The average molecular weight is 367 g/mol. The largest absolute Gasteiger partial charge is 0.503 e. The summed E-state index contributed by atoms with van der Waals surface area (Å²) in [6.07, 6.45) is 6.95. The lowest BCUT2D eigenvalue weighted by atomic mass is 9.96. The minimum absolute atomic E-state index is 0.0579. The third-order valence-electron chi connectivity index (χ3n) is 5.17. The van der Waals surface area contributed by atoms with Crippen molar-refractivity contribution in [2.75, 3.05) is 26.2 Å². The van der Waals surface area contributed by atoms with E-state index in [1.165, 1.54) is 12.3 Å². The Bertz CT molecular complexity index is 855. The number of hydrogen-bond donors (Lipinski definition) is 1. The van der Waals surface area contributed by atoms with Crippen molar-refractivity contribution in [3.63, 3.8) is 0 Å². The average Bonchev–Trinajstić information content (AvgIpc) is 3.43. The summed E-state index contributed by atoms with van der Waals surface area (Å²) in [7, 11) is 0. The Morgan fingerprint density at radius 1 is 1.19 bits per heavy atom. The van der Waals surface area contributed by atoms with Gasteiger partial charge in [0.25, 0.3) is 5.91 Å². The van der Waals surface area contributed by atoms with Crippen LogP contribution in [0.1, 0.15) is 35.0 Å². The fourth-order valence-electron chi connectivity index (χ4n) is 3.80. The molecule has 4 heterocycles. The highest BCUT2D eigenvalue weighted by Gasteiger charge is 2.44. The van der Waals surface area contributed by atoms with E-state index in [0.717, 1.165) is 31.5 Å². The predicted molar refractivity (Wildman–Crippen MR) is 97.1 cm³/mol. The van der Waals surface area contributed by atoms with Gasteiger partial charge in [-0.1, -0.05) is 0 Å². The second-order valence-electron chi connectivity index (χ2n) is 6.80. The number of Topliss-reactive ketones (excluding diaryl/α,β-unsaturated/α-hetero) is 1. The molecule has 0 spiro atoms. The van der Waals surface area contributed by atoms with Crippen molar-refractivity contribution in [2.45, 2.75) is 18.9 Å². The first kappa shape index (κ1) is 17.5. The van der Waals surface area contributed by atoms with Crippen LogP contribution in [0.2, 0.25) is 0 Å². The van der Waals surface area contributed by atoms with Gasteiger partial charge in [-0.05, 0) is 55.8 Å². The summed E-state index contributed by atoms with van der Waals surface area (Å²) < 4.78 is 5.21. The van der Waals surface area contributed by atoms with E-state index in [0.29, 0.717) is 13.1 Å². The number of nitrogens with zero attached hydrogens (tertiary/aromatic N) is 3. The molecular weight excluding hydrogens is 346 g/mol. The standard InChI is InChI=1S/C20H21N3O4/c24-18(15-4-3-13-27-15)16-17(14-5-7-21-8-6-14)23(20(26)19(16)25)12-11-22-9-1-2-10-22/h3-8,13,17,25H,1-2,9-12H2. The number of ketones is 1. The molecule has 2 aromatic rings. The van der Waals surface area contributed by atoms with Crippen LogP contribution in [-0.2, 0) is 4.79 Å². The van der Waals surface area contributed by atoms with Gasteiger partial charge in [-0.25, -0.2) is 0 Å². The van der Waals surface area contributed by atoms with E-state index in [-0.39, 0.29) is 11.3 Å². The van der Waals surface area contributed by atoms with Crippen LogP contribution >= 0.6 is 0 Å². The molecule has 1 amide bonds. The van der Waals surface area contributed by atoms with Gasteiger partial charge in [-0.15, -0.1) is 0 Å². The fraction of sp³-hybridized carbons (Fsp3) is 0.350. The predicted octanol–water partition coefficient (Wildman–Crippen LogP) is 2.35. The second kappa shape index (κ2) is 7.36. The lowest BCUT2D eigenvalue weighted by Crippen LogP contribution is -2.37. The Kier molecular flexibility index (Phi) is 4.77. The molecule has 7 heteroatoms. The van der Waals surface area contributed by atoms with E-state index < -0.39 is 23.5 Å². The fourth-order valence-corrected chi connectivity index (χ4v) is 3.80. The van der Waals surface area contributed by atoms with E-state index >= 15 is 0 Å². The van der Waals surface area contributed by atoms with Crippen molar-refractivity contribution >= 4 is 11.7 Å². The van der Waals surface area contributed by atoms with E-state index in [9.17, 15) is 14.7 Å². The highest BCUT2D eigenvalue weighted by molar-refractivity contribution is 6.14. The Labute approximate surface area is 156 Å². The van der Waals surface area contributed by atoms with Crippen LogP contribution < -0.4 is 0 Å². The van der Waals surface area contributed by atoms with Crippen LogP contribution in [0.5, 0.6) is 0 Å². The molecule has 1 saturated heterocycles. The molecule has 0 aliphatic carbocycles. The molecule has 27 heavy (non-hydrogen) atoms. The van der Waals surface area contributed by atoms with E-state index in [2.05, 4.69) is 9.88 Å². The molecule has 1 N–H and O–H groups in total. The Hall–Kier alpha value is -2.93. The summed E-state index contributed by atoms with van der Waals surface area (Å²) in [5, 5.41) is 10.5. The summed E-state index contributed by atoms with van der Waals surface area (Å²) in [5.41, 5.74) is 0.793. The minimum Gasteiger partial charge on any atom is -0.503 e. The number of pyridine rings is 1. The molecule has 1 atom stereocenters. The molecule has 0 saturated carbocycles. The summed E-state index contributed by atoms with van der Waals surface area (Å²) >= 11 is 0. The number of aliphatic hydroxyl groups excluding tert-OH is 1. The molecule has 2 aromatic heterocycles. The van der Waals surface area contributed by atoms with Crippen LogP contribution in [-0.4, -0.2) is 57.8 Å². The molecule has 0 radical (unpaired) electrons. The molecule has 140 valence electrons. The van der Waals surface area contributed by atoms with Crippen LogP contribution in [0.25, 0.3) is 0 Å². The molecule has 7 nitrogen and oxygen atoms in total. The van der Waals surface area contributed by atoms with Gasteiger partial charge < -0.3 is 19.3 Å². The van der Waals surface area contributed by atoms with Crippen molar-refractivity contribution in [2.24, 2.45) is 0 Å². The number of aliphatic hydroxyl groups is 1. The molecule has 2 aliphatic heterocycles. The number of furan rings is 1. The number of carbonyl (C=O) groups excluding carboxylic acids is 2. The van der Waals surface area contributed by atoms with Gasteiger partial charge in [0.2, 0.25) is 5.78 Å². The first-order chi connectivity index (χ1) is 13.2. The molecule has 4 rings (SSSR count). The van der Waals surface area contributed by atoms with Crippen LogP contribution in [0.15, 0.2) is 58.7 Å². The third-order valence-corrected chi connectivity index (χ3v) is 5.17. The minimum atomic E-state index is -0.652. The van der Waals surface area contributed by atoms with Gasteiger partial charge in [-0.2, -0.15) is 0 Å². The Balaban J connectivity index is 1.67.